The van der Waals surface area contributed by atoms with E-state index in [1.807, 2.05) is 6.07 Å². The molecule has 0 saturated carbocycles. The van der Waals surface area contributed by atoms with Crippen LogP contribution in [0.3, 0.4) is 0 Å². The van der Waals surface area contributed by atoms with Crippen LogP contribution >= 0.6 is 11.6 Å². The Morgan fingerprint density at radius 2 is 2.33 bits per heavy atom. The van der Waals surface area contributed by atoms with Gasteiger partial charge in [0.15, 0.2) is 0 Å². The standard InChI is InChI=1S/C13H21ClN4/c1-2-10-5-3-4-8-18(10)9-12-11(14)6-7-13(16-12)17-15/h6-7,10H,2-5,8-9,15H2,1H3,(H,16,17). The van der Waals surface area contributed by atoms with Gasteiger partial charge in [0.05, 0.1) is 10.7 Å². The van der Waals surface area contributed by atoms with Gasteiger partial charge in [-0.25, -0.2) is 10.8 Å². The Hall–Kier alpha value is -0.840. The fourth-order valence-electron chi connectivity index (χ4n) is 2.60. The Balaban J connectivity index is 2.11. The summed E-state index contributed by atoms with van der Waals surface area (Å²) in [6.07, 6.45) is 5.07. The molecule has 1 saturated heterocycles. The minimum Gasteiger partial charge on any atom is -0.308 e. The second kappa shape index (κ2) is 6.36. The van der Waals surface area contributed by atoms with Crippen LogP contribution in [0.1, 0.15) is 38.3 Å². The van der Waals surface area contributed by atoms with E-state index in [0.717, 1.165) is 23.8 Å². The number of hydrogen-bond donors (Lipinski definition) is 2. The number of aromatic nitrogens is 1. The van der Waals surface area contributed by atoms with Crippen molar-refractivity contribution in [1.82, 2.24) is 9.88 Å². The molecule has 0 aliphatic carbocycles. The van der Waals surface area contributed by atoms with E-state index in [2.05, 4.69) is 22.2 Å². The van der Waals surface area contributed by atoms with Crippen LogP contribution < -0.4 is 11.3 Å². The minimum absolute atomic E-state index is 0.658. The average molecular weight is 269 g/mol. The number of anilines is 1. The van der Waals surface area contributed by atoms with Gasteiger partial charge in [-0.15, -0.1) is 0 Å². The molecule has 1 aliphatic heterocycles. The van der Waals surface area contributed by atoms with Crippen LogP contribution in [-0.2, 0) is 6.54 Å². The fraction of sp³-hybridized carbons (Fsp3) is 0.615. The van der Waals surface area contributed by atoms with Crippen LogP contribution in [-0.4, -0.2) is 22.5 Å². The lowest BCUT2D eigenvalue weighted by Gasteiger charge is -2.35. The number of nitrogens with one attached hydrogen (secondary N) is 1. The second-order valence-electron chi connectivity index (χ2n) is 4.80. The summed E-state index contributed by atoms with van der Waals surface area (Å²) in [6, 6.07) is 4.30. The topological polar surface area (TPSA) is 54.2 Å². The van der Waals surface area contributed by atoms with Crippen molar-refractivity contribution in [2.24, 2.45) is 5.84 Å². The largest absolute Gasteiger partial charge is 0.308 e. The number of halogens is 1. The van der Waals surface area contributed by atoms with Gasteiger partial charge in [-0.05, 0) is 37.9 Å². The van der Waals surface area contributed by atoms with Crippen LogP contribution in [0.25, 0.3) is 0 Å². The van der Waals surface area contributed by atoms with Gasteiger partial charge in [-0.1, -0.05) is 24.9 Å². The average Bonchev–Trinajstić information content (AvgIpc) is 2.42. The number of rotatable bonds is 4. The van der Waals surface area contributed by atoms with Gasteiger partial charge in [0, 0.05) is 12.6 Å². The smallest absolute Gasteiger partial charge is 0.140 e. The highest BCUT2D eigenvalue weighted by Gasteiger charge is 2.22. The predicted molar refractivity (Wildman–Crippen MR) is 75.4 cm³/mol. The van der Waals surface area contributed by atoms with Crippen LogP contribution in [0.2, 0.25) is 5.02 Å². The molecule has 1 unspecified atom stereocenters. The summed E-state index contributed by atoms with van der Waals surface area (Å²) in [6.45, 7) is 4.19. The number of hydrogen-bond acceptors (Lipinski definition) is 4. The van der Waals surface area contributed by atoms with Crippen molar-refractivity contribution in [1.29, 1.82) is 0 Å². The molecule has 18 heavy (non-hydrogen) atoms. The normalized spacial score (nSPS) is 20.9. The zero-order valence-corrected chi connectivity index (χ0v) is 11.6. The van der Waals surface area contributed by atoms with Crippen molar-refractivity contribution in [2.75, 3.05) is 12.0 Å². The SMILES string of the molecule is CCC1CCCCN1Cc1nc(NN)ccc1Cl. The molecule has 3 N–H and O–H groups in total. The van der Waals surface area contributed by atoms with E-state index in [9.17, 15) is 0 Å². The van der Waals surface area contributed by atoms with E-state index < -0.39 is 0 Å². The third kappa shape index (κ3) is 3.13. The predicted octanol–water partition coefficient (Wildman–Crippen LogP) is 2.79. The van der Waals surface area contributed by atoms with Crippen LogP contribution in [0.4, 0.5) is 5.82 Å². The first kappa shape index (κ1) is 13.6. The molecule has 2 rings (SSSR count). The van der Waals surface area contributed by atoms with Crippen molar-refractivity contribution in [3.05, 3.63) is 22.8 Å². The third-order valence-corrected chi connectivity index (χ3v) is 3.98. The molecule has 1 aromatic rings. The Bertz CT molecular complexity index is 397. The van der Waals surface area contributed by atoms with Crippen LogP contribution in [0, 0.1) is 0 Å². The lowest BCUT2D eigenvalue weighted by atomic mass is 10.00. The number of pyridine rings is 1. The summed E-state index contributed by atoms with van der Waals surface area (Å²) >= 11 is 6.21. The lowest BCUT2D eigenvalue weighted by molar-refractivity contribution is 0.134. The fourth-order valence-corrected chi connectivity index (χ4v) is 2.76. The monoisotopic (exact) mass is 268 g/mol. The molecular weight excluding hydrogens is 248 g/mol. The molecule has 1 aliphatic rings. The molecular formula is C13H21ClN4. The Labute approximate surface area is 113 Å². The molecule has 1 aromatic heterocycles. The summed E-state index contributed by atoms with van der Waals surface area (Å²) in [5.41, 5.74) is 3.48. The highest BCUT2D eigenvalue weighted by Crippen LogP contribution is 2.24. The first-order valence-corrected chi connectivity index (χ1v) is 6.98. The first-order chi connectivity index (χ1) is 8.74. The Kier molecular flexibility index (Phi) is 4.80. The zero-order chi connectivity index (χ0) is 13.0. The molecule has 5 heteroatoms. The summed E-state index contributed by atoms with van der Waals surface area (Å²) in [4.78, 5) is 6.93. The van der Waals surface area contributed by atoms with Gasteiger partial charge in [-0.2, -0.15) is 0 Å². The molecule has 0 aromatic carbocycles. The molecule has 0 spiro atoms. The quantitative estimate of drug-likeness (QED) is 0.651. The molecule has 1 fully saturated rings. The first-order valence-electron chi connectivity index (χ1n) is 6.60. The summed E-state index contributed by atoms with van der Waals surface area (Å²) < 4.78 is 0. The van der Waals surface area contributed by atoms with Crippen molar-refractivity contribution in [3.8, 4) is 0 Å². The number of nitrogen functional groups attached to an aromatic ring is 1. The summed E-state index contributed by atoms with van der Waals surface area (Å²) in [5.74, 6) is 6.05. The highest BCUT2D eigenvalue weighted by atomic mass is 35.5. The van der Waals surface area contributed by atoms with Gasteiger partial charge in [-0.3, -0.25) is 4.90 Å². The van der Waals surface area contributed by atoms with E-state index in [-0.39, 0.29) is 0 Å². The number of likely N-dealkylation sites (tertiary alicyclic amines) is 1. The number of piperidine rings is 1. The van der Waals surface area contributed by atoms with E-state index in [1.165, 1.54) is 25.7 Å². The van der Waals surface area contributed by atoms with E-state index in [0.29, 0.717) is 11.9 Å². The maximum Gasteiger partial charge on any atom is 0.140 e. The van der Waals surface area contributed by atoms with Gasteiger partial charge in [0.2, 0.25) is 0 Å². The van der Waals surface area contributed by atoms with E-state index in [4.69, 9.17) is 17.4 Å². The molecule has 0 bridgehead atoms. The van der Waals surface area contributed by atoms with Gasteiger partial charge >= 0.3 is 0 Å². The molecule has 4 nitrogen and oxygen atoms in total. The number of nitrogens with zero attached hydrogens (tertiary/aromatic N) is 2. The second-order valence-corrected chi connectivity index (χ2v) is 5.20. The number of nitrogens with two attached hydrogens (primary N) is 1. The van der Waals surface area contributed by atoms with E-state index >= 15 is 0 Å². The van der Waals surface area contributed by atoms with E-state index in [1.54, 1.807) is 6.07 Å². The van der Waals surface area contributed by atoms with Crippen LogP contribution in [0.15, 0.2) is 12.1 Å². The zero-order valence-electron chi connectivity index (χ0n) is 10.8. The van der Waals surface area contributed by atoms with Gasteiger partial charge in [0.25, 0.3) is 0 Å². The molecule has 2 heterocycles. The van der Waals surface area contributed by atoms with Crippen molar-refractivity contribution in [3.63, 3.8) is 0 Å². The molecule has 0 amide bonds. The minimum atomic E-state index is 0.658. The summed E-state index contributed by atoms with van der Waals surface area (Å²) in [5, 5.41) is 0.717. The van der Waals surface area contributed by atoms with Crippen molar-refractivity contribution >= 4 is 17.4 Å². The third-order valence-electron chi connectivity index (χ3n) is 3.64. The molecule has 0 radical (unpaired) electrons. The molecule has 100 valence electrons. The number of hydrazine groups is 1. The van der Waals surface area contributed by atoms with Gasteiger partial charge < -0.3 is 5.43 Å². The maximum atomic E-state index is 6.21. The Morgan fingerprint density at radius 1 is 1.50 bits per heavy atom. The lowest BCUT2D eigenvalue weighted by Crippen LogP contribution is -2.38. The highest BCUT2D eigenvalue weighted by molar-refractivity contribution is 6.31. The Morgan fingerprint density at radius 3 is 3.06 bits per heavy atom. The van der Waals surface area contributed by atoms with Crippen LogP contribution in [0.5, 0.6) is 0 Å². The maximum absolute atomic E-state index is 6.21. The van der Waals surface area contributed by atoms with Crippen molar-refractivity contribution < 1.29 is 0 Å². The molecule has 1 atom stereocenters. The van der Waals surface area contributed by atoms with Crippen molar-refractivity contribution in [2.45, 2.75) is 45.2 Å². The van der Waals surface area contributed by atoms with Gasteiger partial charge in [0.1, 0.15) is 5.82 Å². The summed E-state index contributed by atoms with van der Waals surface area (Å²) in [7, 11) is 0.